The number of nitrogens with one attached hydrogen (secondary N) is 1. The van der Waals surface area contributed by atoms with E-state index in [-0.39, 0.29) is 17.5 Å². The van der Waals surface area contributed by atoms with Crippen LogP contribution in [-0.4, -0.2) is 29.9 Å². The number of carbonyl (C=O) groups excluding carboxylic acids is 1. The van der Waals surface area contributed by atoms with E-state index >= 15 is 0 Å². The Hall–Kier alpha value is -2.13. The average Bonchev–Trinajstić information content (AvgIpc) is 3.22. The van der Waals surface area contributed by atoms with Gasteiger partial charge in [-0.3, -0.25) is 10.1 Å². The summed E-state index contributed by atoms with van der Waals surface area (Å²) < 4.78 is 0. The van der Waals surface area contributed by atoms with Gasteiger partial charge in [-0.15, -0.1) is 0 Å². The number of carbonyl (C=O) groups is 1. The van der Waals surface area contributed by atoms with Gasteiger partial charge in [-0.2, -0.15) is 0 Å². The third-order valence-corrected chi connectivity index (χ3v) is 6.12. The van der Waals surface area contributed by atoms with Crippen LogP contribution in [0.5, 0.6) is 0 Å². The Morgan fingerprint density at radius 1 is 1.12 bits per heavy atom. The minimum Gasteiger partial charge on any atom is -0.344 e. The molecule has 3 heteroatoms. The lowest BCUT2D eigenvalue weighted by molar-refractivity contribution is -0.131. The highest BCUT2D eigenvalue weighted by atomic mass is 16.2. The molecule has 2 aliphatic rings. The molecule has 2 fully saturated rings. The van der Waals surface area contributed by atoms with Crippen molar-refractivity contribution in [3.8, 4) is 11.1 Å². The first-order valence-electron chi connectivity index (χ1n) is 9.73. The maximum atomic E-state index is 12.6. The second-order valence-corrected chi connectivity index (χ2v) is 8.16. The lowest BCUT2D eigenvalue weighted by Crippen LogP contribution is -2.47. The molecule has 136 valence electrons. The fraction of sp³-hybridized carbons (Fsp3) is 0.435. The normalized spacial score (nSPS) is 25.6. The zero-order valence-corrected chi connectivity index (χ0v) is 16.0. The standard InChI is InChI=1S/C23H28N2O/c1-16(2)19-9-4-5-10-20(19)17-7-6-8-18(15-17)21-11-12-23(24-21)13-14-25(3)22(23)26/h4-10,15-16,21,24H,11-14H2,1-3H3/t21-,23-/m1/s1. The van der Waals surface area contributed by atoms with Crippen molar-refractivity contribution in [3.63, 3.8) is 0 Å². The van der Waals surface area contributed by atoms with E-state index in [4.69, 9.17) is 0 Å². The second kappa shape index (κ2) is 6.55. The summed E-state index contributed by atoms with van der Waals surface area (Å²) in [4.78, 5) is 14.4. The first-order chi connectivity index (χ1) is 12.5. The number of likely N-dealkylation sites (tertiary alicyclic amines) is 1. The van der Waals surface area contributed by atoms with E-state index < -0.39 is 0 Å². The van der Waals surface area contributed by atoms with Crippen LogP contribution in [0, 0.1) is 0 Å². The largest absolute Gasteiger partial charge is 0.344 e. The fourth-order valence-electron chi connectivity index (χ4n) is 4.60. The predicted molar refractivity (Wildman–Crippen MR) is 106 cm³/mol. The summed E-state index contributed by atoms with van der Waals surface area (Å²) in [6, 6.07) is 17.8. The predicted octanol–water partition coefficient (Wildman–Crippen LogP) is 4.50. The van der Waals surface area contributed by atoms with Crippen molar-refractivity contribution >= 4 is 5.91 Å². The lowest BCUT2D eigenvalue weighted by atomic mass is 9.91. The topological polar surface area (TPSA) is 32.3 Å². The van der Waals surface area contributed by atoms with Gasteiger partial charge in [0.15, 0.2) is 0 Å². The van der Waals surface area contributed by atoms with Crippen molar-refractivity contribution in [1.29, 1.82) is 0 Å². The molecule has 2 heterocycles. The molecule has 1 N–H and O–H groups in total. The zero-order chi connectivity index (χ0) is 18.3. The number of hydrogen-bond donors (Lipinski definition) is 1. The highest BCUT2D eigenvalue weighted by molar-refractivity contribution is 5.88. The summed E-state index contributed by atoms with van der Waals surface area (Å²) >= 11 is 0. The maximum Gasteiger partial charge on any atom is 0.242 e. The molecule has 2 aliphatic heterocycles. The van der Waals surface area contributed by atoms with Crippen LogP contribution in [0.1, 0.15) is 56.2 Å². The molecule has 0 bridgehead atoms. The molecule has 1 spiro atoms. The first-order valence-corrected chi connectivity index (χ1v) is 9.73. The maximum absolute atomic E-state index is 12.6. The Morgan fingerprint density at radius 2 is 1.92 bits per heavy atom. The van der Waals surface area contributed by atoms with E-state index in [9.17, 15) is 4.79 Å². The quantitative estimate of drug-likeness (QED) is 0.885. The van der Waals surface area contributed by atoms with Crippen LogP contribution >= 0.6 is 0 Å². The van der Waals surface area contributed by atoms with E-state index in [1.54, 1.807) is 0 Å². The van der Waals surface area contributed by atoms with Gasteiger partial charge in [0.25, 0.3) is 0 Å². The van der Waals surface area contributed by atoms with Crippen molar-refractivity contribution in [2.24, 2.45) is 0 Å². The van der Waals surface area contributed by atoms with Crippen LogP contribution in [0.4, 0.5) is 0 Å². The van der Waals surface area contributed by atoms with E-state index in [0.29, 0.717) is 5.92 Å². The van der Waals surface area contributed by atoms with E-state index in [0.717, 1.165) is 25.8 Å². The summed E-state index contributed by atoms with van der Waals surface area (Å²) in [5, 5.41) is 3.69. The summed E-state index contributed by atoms with van der Waals surface area (Å²) in [7, 11) is 1.91. The van der Waals surface area contributed by atoms with Crippen LogP contribution in [-0.2, 0) is 4.79 Å². The van der Waals surface area contributed by atoms with Gasteiger partial charge in [-0.1, -0.05) is 56.3 Å². The van der Waals surface area contributed by atoms with Gasteiger partial charge in [0.1, 0.15) is 5.54 Å². The Labute approximate surface area is 156 Å². The van der Waals surface area contributed by atoms with E-state index in [2.05, 4.69) is 67.7 Å². The number of benzene rings is 2. The van der Waals surface area contributed by atoms with Crippen molar-refractivity contribution < 1.29 is 4.79 Å². The molecule has 3 nitrogen and oxygen atoms in total. The summed E-state index contributed by atoms with van der Waals surface area (Å²) in [5.74, 6) is 0.760. The SMILES string of the molecule is CC(C)c1ccccc1-c1cccc([C@H]2CC[C@]3(CCN(C)C3=O)N2)c1. The summed E-state index contributed by atoms with van der Waals surface area (Å²) in [6.07, 6.45) is 2.89. The minimum absolute atomic E-state index is 0.261. The minimum atomic E-state index is -0.328. The molecule has 2 aromatic carbocycles. The monoisotopic (exact) mass is 348 g/mol. The third-order valence-electron chi connectivity index (χ3n) is 6.12. The number of nitrogens with zero attached hydrogens (tertiary/aromatic N) is 1. The van der Waals surface area contributed by atoms with Crippen LogP contribution in [0.3, 0.4) is 0 Å². The molecule has 0 aromatic heterocycles. The molecule has 26 heavy (non-hydrogen) atoms. The molecule has 2 aromatic rings. The van der Waals surface area contributed by atoms with Gasteiger partial charge < -0.3 is 4.90 Å². The van der Waals surface area contributed by atoms with Gasteiger partial charge in [0.05, 0.1) is 0 Å². The first kappa shape index (κ1) is 17.3. The molecule has 0 saturated carbocycles. The van der Waals surface area contributed by atoms with Crippen molar-refractivity contribution in [3.05, 3.63) is 59.7 Å². The van der Waals surface area contributed by atoms with E-state index in [1.165, 1.54) is 22.3 Å². The van der Waals surface area contributed by atoms with Gasteiger partial charge >= 0.3 is 0 Å². The number of amides is 1. The zero-order valence-electron chi connectivity index (χ0n) is 16.0. The van der Waals surface area contributed by atoms with Gasteiger partial charge in [-0.05, 0) is 53.5 Å². The molecular weight excluding hydrogens is 320 g/mol. The Bertz CT molecular complexity index is 828. The third kappa shape index (κ3) is 2.84. The van der Waals surface area contributed by atoms with Gasteiger partial charge in [0, 0.05) is 19.6 Å². The molecule has 2 atom stereocenters. The number of hydrogen-bond acceptors (Lipinski definition) is 2. The van der Waals surface area contributed by atoms with Gasteiger partial charge in [0.2, 0.25) is 5.91 Å². The van der Waals surface area contributed by atoms with E-state index in [1.807, 2.05) is 11.9 Å². The highest BCUT2D eigenvalue weighted by Crippen LogP contribution is 2.40. The van der Waals surface area contributed by atoms with Crippen molar-refractivity contribution in [2.75, 3.05) is 13.6 Å². The Morgan fingerprint density at radius 3 is 2.65 bits per heavy atom. The van der Waals surface area contributed by atoms with Crippen LogP contribution < -0.4 is 5.32 Å². The summed E-state index contributed by atoms with van der Waals surface area (Å²) in [5.41, 5.74) is 4.93. The number of likely N-dealkylation sites (N-methyl/N-ethyl adjacent to an activating group) is 1. The lowest BCUT2D eigenvalue weighted by Gasteiger charge is -2.23. The fourth-order valence-corrected chi connectivity index (χ4v) is 4.60. The Kier molecular flexibility index (Phi) is 4.36. The smallest absolute Gasteiger partial charge is 0.242 e. The van der Waals surface area contributed by atoms with Crippen LogP contribution in [0.2, 0.25) is 0 Å². The molecule has 2 saturated heterocycles. The summed E-state index contributed by atoms with van der Waals surface area (Å²) in [6.45, 7) is 5.35. The van der Waals surface area contributed by atoms with Crippen LogP contribution in [0.15, 0.2) is 48.5 Å². The Balaban J connectivity index is 1.63. The molecule has 4 rings (SSSR count). The molecule has 0 radical (unpaired) electrons. The van der Waals surface area contributed by atoms with Crippen molar-refractivity contribution in [1.82, 2.24) is 10.2 Å². The molecular formula is C23H28N2O. The molecule has 1 amide bonds. The average molecular weight is 348 g/mol. The molecule has 0 aliphatic carbocycles. The van der Waals surface area contributed by atoms with Gasteiger partial charge in [-0.25, -0.2) is 0 Å². The van der Waals surface area contributed by atoms with Crippen LogP contribution in [0.25, 0.3) is 11.1 Å². The second-order valence-electron chi connectivity index (χ2n) is 8.16. The van der Waals surface area contributed by atoms with Crippen molar-refractivity contribution in [2.45, 2.75) is 50.6 Å². The number of rotatable bonds is 3. The molecule has 0 unspecified atom stereocenters. The highest BCUT2D eigenvalue weighted by Gasteiger charge is 2.49.